The third-order valence-corrected chi connectivity index (χ3v) is 7.69. The summed E-state index contributed by atoms with van der Waals surface area (Å²) in [6.45, 7) is -0.592. The van der Waals surface area contributed by atoms with Crippen LogP contribution in [0.3, 0.4) is 0 Å². The molecule has 3 aromatic rings. The monoisotopic (exact) mass is 498 g/mol. The van der Waals surface area contributed by atoms with Crippen LogP contribution in [0.1, 0.15) is 45.4 Å². The van der Waals surface area contributed by atoms with Crippen LogP contribution in [-0.4, -0.2) is 29.2 Å². The van der Waals surface area contributed by atoms with Gasteiger partial charge >= 0.3 is 5.97 Å². The first-order valence-corrected chi connectivity index (χ1v) is 12.6. The van der Waals surface area contributed by atoms with Crippen LogP contribution in [0.15, 0.2) is 63.9 Å². The fourth-order valence-electron chi connectivity index (χ4n) is 4.42. The zero-order chi connectivity index (χ0) is 23.7. The predicted octanol–water partition coefficient (Wildman–Crippen LogP) is 6.07. The maximum absolute atomic E-state index is 13.9. The minimum absolute atomic E-state index is 0.0489. The van der Waals surface area contributed by atoms with Crippen molar-refractivity contribution in [3.8, 4) is 0 Å². The number of allylic oxidation sites excluding steroid dienone is 1. The maximum atomic E-state index is 13.9. The number of amides is 1. The number of hydrazone groups is 1. The summed E-state index contributed by atoms with van der Waals surface area (Å²) in [6.07, 6.45) is 4.90. The van der Waals surface area contributed by atoms with Gasteiger partial charge < -0.3 is 4.74 Å². The molecule has 0 spiro atoms. The fourth-order valence-corrected chi connectivity index (χ4v) is 5.97. The van der Waals surface area contributed by atoms with Crippen molar-refractivity contribution in [2.75, 3.05) is 6.61 Å². The summed E-state index contributed by atoms with van der Waals surface area (Å²) < 4.78 is 32.1. The van der Waals surface area contributed by atoms with E-state index in [1.165, 1.54) is 5.01 Å². The number of halogens is 2. The summed E-state index contributed by atoms with van der Waals surface area (Å²) in [5.41, 5.74) is 1.58. The molecule has 0 radical (unpaired) electrons. The van der Waals surface area contributed by atoms with E-state index in [1.807, 2.05) is 35.0 Å². The van der Waals surface area contributed by atoms with E-state index in [9.17, 15) is 18.4 Å². The molecule has 0 N–H and O–H groups in total. The van der Waals surface area contributed by atoms with Gasteiger partial charge in [-0.05, 0) is 65.9 Å². The number of hydrogen-bond donors (Lipinski definition) is 0. The zero-order valence-corrected chi connectivity index (χ0v) is 19.6. The normalized spacial score (nSPS) is 20.8. The van der Waals surface area contributed by atoms with Gasteiger partial charge in [0, 0.05) is 21.7 Å². The topological polar surface area (TPSA) is 59.0 Å². The summed E-state index contributed by atoms with van der Waals surface area (Å²) in [5, 5.41) is 10.1. The fraction of sp³-hybridized carbons (Fsp3) is 0.240. The Labute approximate surface area is 203 Å². The van der Waals surface area contributed by atoms with Gasteiger partial charge in [0.1, 0.15) is 11.6 Å². The number of carbonyl (C=O) groups excluding carboxylic acids is 2. The van der Waals surface area contributed by atoms with Gasteiger partial charge in [-0.25, -0.2) is 18.6 Å². The van der Waals surface area contributed by atoms with Crippen molar-refractivity contribution in [1.29, 1.82) is 0 Å². The summed E-state index contributed by atoms with van der Waals surface area (Å²) in [5.74, 6) is -3.31. The zero-order valence-electron chi connectivity index (χ0n) is 17.9. The summed E-state index contributed by atoms with van der Waals surface area (Å²) in [4.78, 5) is 27.6. The number of rotatable bonds is 5. The highest BCUT2D eigenvalue weighted by molar-refractivity contribution is 7.11. The number of ether oxygens (including phenoxy) is 1. The molecule has 2 atom stereocenters. The Bertz CT molecular complexity index is 1270. The smallest absolute Gasteiger partial charge is 0.341 e. The maximum Gasteiger partial charge on any atom is 0.341 e. The number of esters is 1. The highest BCUT2D eigenvalue weighted by Gasteiger charge is 2.44. The molecule has 2 aliphatic rings. The van der Waals surface area contributed by atoms with Crippen molar-refractivity contribution in [2.24, 2.45) is 11.0 Å². The van der Waals surface area contributed by atoms with Gasteiger partial charge in [-0.2, -0.15) is 5.10 Å². The molecule has 1 aliphatic heterocycles. The molecule has 3 heterocycles. The van der Waals surface area contributed by atoms with Crippen LogP contribution in [0.5, 0.6) is 0 Å². The molecule has 1 aliphatic carbocycles. The molecule has 1 aromatic carbocycles. The van der Waals surface area contributed by atoms with Crippen molar-refractivity contribution >= 4 is 46.3 Å². The lowest BCUT2D eigenvalue weighted by atomic mass is 9.79. The van der Waals surface area contributed by atoms with E-state index in [0.717, 1.165) is 52.4 Å². The lowest BCUT2D eigenvalue weighted by Gasteiger charge is -2.28. The molecule has 1 amide bonds. The molecular formula is C25H20F2N2O3S2. The number of carbonyl (C=O) groups is 2. The van der Waals surface area contributed by atoms with E-state index in [1.54, 1.807) is 22.7 Å². The van der Waals surface area contributed by atoms with Gasteiger partial charge in [0.25, 0.3) is 5.91 Å². The highest BCUT2D eigenvalue weighted by Crippen LogP contribution is 2.45. The van der Waals surface area contributed by atoms with Crippen LogP contribution in [0.2, 0.25) is 0 Å². The van der Waals surface area contributed by atoms with E-state index in [0.29, 0.717) is 6.07 Å². The van der Waals surface area contributed by atoms with Gasteiger partial charge in [0.15, 0.2) is 6.61 Å². The van der Waals surface area contributed by atoms with Crippen molar-refractivity contribution < 1.29 is 23.1 Å². The van der Waals surface area contributed by atoms with Crippen LogP contribution in [0, 0.1) is 17.6 Å². The van der Waals surface area contributed by atoms with Crippen LogP contribution >= 0.6 is 22.7 Å². The summed E-state index contributed by atoms with van der Waals surface area (Å²) in [7, 11) is 0. The number of benzene rings is 1. The molecule has 34 heavy (non-hydrogen) atoms. The van der Waals surface area contributed by atoms with Crippen molar-refractivity contribution in [3.63, 3.8) is 0 Å². The second-order valence-corrected chi connectivity index (χ2v) is 10.0. The van der Waals surface area contributed by atoms with Crippen LogP contribution in [0.4, 0.5) is 8.78 Å². The quantitative estimate of drug-likeness (QED) is 0.401. The van der Waals surface area contributed by atoms with Crippen molar-refractivity contribution in [3.05, 3.63) is 85.7 Å². The highest BCUT2D eigenvalue weighted by atomic mass is 32.1. The van der Waals surface area contributed by atoms with E-state index in [2.05, 4.69) is 6.08 Å². The Balaban J connectivity index is 1.39. The van der Waals surface area contributed by atoms with Crippen molar-refractivity contribution in [1.82, 2.24) is 5.01 Å². The summed E-state index contributed by atoms with van der Waals surface area (Å²) >= 11 is 3.20. The van der Waals surface area contributed by atoms with Crippen LogP contribution in [0.25, 0.3) is 6.08 Å². The lowest BCUT2D eigenvalue weighted by Crippen LogP contribution is -2.34. The Kier molecular flexibility index (Phi) is 6.38. The third-order valence-electron chi connectivity index (χ3n) is 5.93. The lowest BCUT2D eigenvalue weighted by molar-refractivity contribution is -0.136. The first kappa shape index (κ1) is 22.6. The molecule has 5 nitrogen and oxygen atoms in total. The van der Waals surface area contributed by atoms with Crippen LogP contribution < -0.4 is 0 Å². The molecular weight excluding hydrogens is 478 g/mol. The second kappa shape index (κ2) is 9.60. The van der Waals surface area contributed by atoms with E-state index < -0.39 is 35.7 Å². The number of nitrogens with zero attached hydrogens (tertiary/aromatic N) is 2. The van der Waals surface area contributed by atoms with E-state index >= 15 is 0 Å². The van der Waals surface area contributed by atoms with Gasteiger partial charge in [0.05, 0.1) is 17.3 Å². The minimum Gasteiger partial charge on any atom is -0.452 e. The van der Waals surface area contributed by atoms with Gasteiger partial charge in [0.2, 0.25) is 0 Å². The van der Waals surface area contributed by atoms with Gasteiger partial charge in [-0.15, -0.1) is 22.7 Å². The second-order valence-electron chi connectivity index (χ2n) is 8.07. The SMILES string of the molecule is O=C(OCC(=O)N1N=C2C(=Cc3cccs3)CCCC2C1c1cccs1)c1ccc(F)cc1F. The average molecular weight is 499 g/mol. The van der Waals surface area contributed by atoms with Crippen molar-refractivity contribution in [2.45, 2.75) is 25.3 Å². The predicted molar refractivity (Wildman–Crippen MR) is 128 cm³/mol. The van der Waals surface area contributed by atoms with Gasteiger partial charge in [-0.1, -0.05) is 12.1 Å². The first-order chi connectivity index (χ1) is 16.5. The molecule has 2 aromatic heterocycles. The molecule has 0 saturated heterocycles. The largest absolute Gasteiger partial charge is 0.452 e. The minimum atomic E-state index is -1.04. The van der Waals surface area contributed by atoms with Crippen LogP contribution in [-0.2, 0) is 9.53 Å². The Morgan fingerprint density at radius 2 is 1.97 bits per heavy atom. The summed E-state index contributed by atoms with van der Waals surface area (Å²) in [6, 6.07) is 10.2. The van der Waals surface area contributed by atoms with E-state index in [4.69, 9.17) is 9.84 Å². The molecule has 9 heteroatoms. The Morgan fingerprint density at radius 3 is 2.71 bits per heavy atom. The Hall–Kier alpha value is -3.17. The standard InChI is InChI=1S/C25H20F2N2O3S2/c26-16-8-9-18(20(27)13-16)25(31)32-14-22(30)29-24(21-7-3-11-34-21)19-6-1-4-15(23(19)28-29)12-17-5-2-10-33-17/h2-3,5,7-13,19,24H,1,4,6,14H2. The molecule has 2 unspecified atom stereocenters. The molecule has 5 rings (SSSR count). The number of fused-ring (bicyclic) bond motifs is 1. The third kappa shape index (κ3) is 4.45. The first-order valence-electron chi connectivity index (χ1n) is 10.8. The Morgan fingerprint density at radius 1 is 1.15 bits per heavy atom. The number of thiophene rings is 2. The molecule has 0 bridgehead atoms. The molecule has 1 fully saturated rings. The average Bonchev–Trinajstić information content (AvgIpc) is 3.58. The molecule has 1 saturated carbocycles. The molecule has 174 valence electrons. The van der Waals surface area contributed by atoms with Gasteiger partial charge in [-0.3, -0.25) is 4.79 Å². The number of hydrogen-bond acceptors (Lipinski definition) is 6. The van der Waals surface area contributed by atoms with E-state index in [-0.39, 0.29) is 12.0 Å².